The minimum Gasteiger partial charge on any atom is -0.490 e. The molecular formula is C17H18O3. The largest absolute Gasteiger partial charge is 0.490 e. The standard InChI is InChI=1S/C17H18O3/c1-13(11-17(18)19)20-16-10-6-5-9-15(16)12-14-7-3-2-4-8-14/h2-10,13H,11-12H2,1H3,(H,18,19). The lowest BCUT2D eigenvalue weighted by atomic mass is 10.0. The molecule has 20 heavy (non-hydrogen) atoms. The Morgan fingerprint density at radius 1 is 1.10 bits per heavy atom. The summed E-state index contributed by atoms with van der Waals surface area (Å²) in [4.78, 5) is 10.7. The third-order valence-corrected chi connectivity index (χ3v) is 3.00. The smallest absolute Gasteiger partial charge is 0.307 e. The molecule has 0 aliphatic carbocycles. The van der Waals surface area contributed by atoms with Gasteiger partial charge in [-0.1, -0.05) is 48.5 Å². The van der Waals surface area contributed by atoms with Crippen molar-refractivity contribution >= 4 is 5.97 Å². The number of carboxylic acid groups (broad SMARTS) is 1. The first-order chi connectivity index (χ1) is 9.65. The highest BCUT2D eigenvalue weighted by Gasteiger charge is 2.11. The molecule has 1 atom stereocenters. The van der Waals surface area contributed by atoms with Crippen LogP contribution in [0.3, 0.4) is 0 Å². The third-order valence-electron chi connectivity index (χ3n) is 3.00. The molecule has 0 radical (unpaired) electrons. The molecule has 0 amide bonds. The van der Waals surface area contributed by atoms with E-state index in [1.807, 2.05) is 42.5 Å². The van der Waals surface area contributed by atoms with Crippen molar-refractivity contribution in [3.8, 4) is 5.75 Å². The van der Waals surface area contributed by atoms with Crippen LogP contribution in [-0.2, 0) is 11.2 Å². The molecule has 1 N–H and O–H groups in total. The second kappa shape index (κ2) is 6.75. The first-order valence-electron chi connectivity index (χ1n) is 6.65. The Kier molecular flexibility index (Phi) is 4.77. The first-order valence-corrected chi connectivity index (χ1v) is 6.65. The summed E-state index contributed by atoms with van der Waals surface area (Å²) < 4.78 is 5.75. The van der Waals surface area contributed by atoms with Gasteiger partial charge >= 0.3 is 5.97 Å². The van der Waals surface area contributed by atoms with E-state index in [9.17, 15) is 4.79 Å². The van der Waals surface area contributed by atoms with Crippen LogP contribution in [-0.4, -0.2) is 17.2 Å². The van der Waals surface area contributed by atoms with E-state index in [2.05, 4.69) is 12.1 Å². The highest BCUT2D eigenvalue weighted by atomic mass is 16.5. The van der Waals surface area contributed by atoms with E-state index < -0.39 is 5.97 Å². The molecular weight excluding hydrogens is 252 g/mol. The summed E-state index contributed by atoms with van der Waals surface area (Å²) in [5.41, 5.74) is 2.27. The van der Waals surface area contributed by atoms with Gasteiger partial charge in [-0.3, -0.25) is 4.79 Å². The van der Waals surface area contributed by atoms with E-state index in [1.165, 1.54) is 5.56 Å². The Balaban J connectivity index is 2.12. The quantitative estimate of drug-likeness (QED) is 0.873. The summed E-state index contributed by atoms with van der Waals surface area (Å²) in [7, 11) is 0. The molecule has 2 aromatic carbocycles. The number of ether oxygens (including phenoxy) is 1. The Bertz CT molecular complexity index is 563. The lowest BCUT2D eigenvalue weighted by Crippen LogP contribution is -2.17. The topological polar surface area (TPSA) is 46.5 Å². The fourth-order valence-corrected chi connectivity index (χ4v) is 2.08. The third kappa shape index (κ3) is 4.12. The maximum absolute atomic E-state index is 10.7. The van der Waals surface area contributed by atoms with E-state index in [0.717, 1.165) is 17.7 Å². The Hall–Kier alpha value is -2.29. The van der Waals surface area contributed by atoms with Crippen molar-refractivity contribution in [1.29, 1.82) is 0 Å². The molecule has 3 heteroatoms. The normalized spacial score (nSPS) is 11.8. The molecule has 0 heterocycles. The van der Waals surface area contributed by atoms with Crippen LogP contribution in [0.5, 0.6) is 5.75 Å². The predicted octanol–water partition coefficient (Wildman–Crippen LogP) is 3.52. The molecule has 0 aliphatic rings. The van der Waals surface area contributed by atoms with E-state index in [-0.39, 0.29) is 12.5 Å². The van der Waals surface area contributed by atoms with E-state index in [4.69, 9.17) is 9.84 Å². The van der Waals surface area contributed by atoms with Gasteiger partial charge < -0.3 is 9.84 Å². The van der Waals surface area contributed by atoms with Gasteiger partial charge in [0.05, 0.1) is 6.42 Å². The van der Waals surface area contributed by atoms with E-state index >= 15 is 0 Å². The highest BCUT2D eigenvalue weighted by Crippen LogP contribution is 2.23. The summed E-state index contributed by atoms with van der Waals surface area (Å²) in [6.45, 7) is 1.77. The zero-order valence-corrected chi connectivity index (χ0v) is 11.5. The van der Waals surface area contributed by atoms with Crippen molar-refractivity contribution in [1.82, 2.24) is 0 Å². The Labute approximate surface area is 118 Å². The van der Waals surface area contributed by atoms with Gasteiger partial charge in [0.1, 0.15) is 11.9 Å². The molecule has 3 nitrogen and oxygen atoms in total. The van der Waals surface area contributed by atoms with Gasteiger partial charge in [0.15, 0.2) is 0 Å². The van der Waals surface area contributed by atoms with Gasteiger partial charge in [0, 0.05) is 6.42 Å². The van der Waals surface area contributed by atoms with Gasteiger partial charge in [0.25, 0.3) is 0 Å². The zero-order valence-electron chi connectivity index (χ0n) is 11.5. The lowest BCUT2D eigenvalue weighted by molar-refractivity contribution is -0.138. The van der Waals surface area contributed by atoms with Crippen LogP contribution in [0.4, 0.5) is 0 Å². The minimum absolute atomic E-state index is 0.000326. The summed E-state index contributed by atoms with van der Waals surface area (Å²) in [5.74, 6) is -0.0943. The molecule has 104 valence electrons. The second-order valence-corrected chi connectivity index (χ2v) is 4.80. The SMILES string of the molecule is CC(CC(=O)O)Oc1ccccc1Cc1ccccc1. The van der Waals surface area contributed by atoms with Crippen LogP contribution < -0.4 is 4.74 Å². The van der Waals surface area contributed by atoms with Crippen LogP contribution in [0.1, 0.15) is 24.5 Å². The van der Waals surface area contributed by atoms with Gasteiger partial charge in [0.2, 0.25) is 0 Å². The van der Waals surface area contributed by atoms with Gasteiger partial charge in [-0.15, -0.1) is 0 Å². The molecule has 0 aromatic heterocycles. The van der Waals surface area contributed by atoms with Crippen molar-refractivity contribution in [3.05, 3.63) is 65.7 Å². The maximum atomic E-state index is 10.7. The van der Waals surface area contributed by atoms with Crippen molar-refractivity contribution in [3.63, 3.8) is 0 Å². The lowest BCUT2D eigenvalue weighted by Gasteiger charge is -2.16. The first kappa shape index (κ1) is 14.1. The number of benzene rings is 2. The predicted molar refractivity (Wildman–Crippen MR) is 78.0 cm³/mol. The monoisotopic (exact) mass is 270 g/mol. The van der Waals surface area contributed by atoms with Crippen molar-refractivity contribution in [2.45, 2.75) is 25.9 Å². The van der Waals surface area contributed by atoms with Crippen LogP contribution in [0, 0.1) is 0 Å². The molecule has 0 bridgehead atoms. The number of carboxylic acids is 1. The Morgan fingerprint density at radius 3 is 2.45 bits per heavy atom. The highest BCUT2D eigenvalue weighted by molar-refractivity contribution is 5.67. The van der Waals surface area contributed by atoms with E-state index in [1.54, 1.807) is 6.92 Å². The summed E-state index contributed by atoms with van der Waals surface area (Å²) in [5, 5.41) is 8.79. The molecule has 0 aliphatic heterocycles. The fourth-order valence-electron chi connectivity index (χ4n) is 2.08. The van der Waals surface area contributed by atoms with Crippen LogP contribution in [0.15, 0.2) is 54.6 Å². The van der Waals surface area contributed by atoms with Crippen LogP contribution >= 0.6 is 0 Å². The van der Waals surface area contributed by atoms with Crippen molar-refractivity contribution in [2.75, 3.05) is 0 Å². The molecule has 2 aromatic rings. The summed E-state index contributed by atoms with van der Waals surface area (Å²) in [6.07, 6.45) is 0.431. The number of hydrogen-bond donors (Lipinski definition) is 1. The minimum atomic E-state index is -0.849. The van der Waals surface area contributed by atoms with Gasteiger partial charge in [-0.05, 0) is 24.1 Å². The molecule has 1 unspecified atom stereocenters. The average molecular weight is 270 g/mol. The van der Waals surface area contributed by atoms with Gasteiger partial charge in [-0.2, -0.15) is 0 Å². The number of para-hydroxylation sites is 1. The fraction of sp³-hybridized carbons (Fsp3) is 0.235. The zero-order chi connectivity index (χ0) is 14.4. The Morgan fingerprint density at radius 2 is 1.75 bits per heavy atom. The molecule has 0 saturated heterocycles. The van der Waals surface area contributed by atoms with Crippen molar-refractivity contribution < 1.29 is 14.6 Å². The van der Waals surface area contributed by atoms with Crippen molar-refractivity contribution in [2.24, 2.45) is 0 Å². The number of aliphatic carboxylic acids is 1. The van der Waals surface area contributed by atoms with Crippen LogP contribution in [0.25, 0.3) is 0 Å². The molecule has 0 saturated carbocycles. The van der Waals surface area contributed by atoms with Crippen LogP contribution in [0.2, 0.25) is 0 Å². The molecule has 0 spiro atoms. The second-order valence-electron chi connectivity index (χ2n) is 4.80. The molecule has 0 fully saturated rings. The molecule has 2 rings (SSSR count). The van der Waals surface area contributed by atoms with E-state index in [0.29, 0.717) is 0 Å². The summed E-state index contributed by atoms with van der Waals surface area (Å²) >= 11 is 0. The van der Waals surface area contributed by atoms with Gasteiger partial charge in [-0.25, -0.2) is 0 Å². The number of carbonyl (C=O) groups is 1. The summed E-state index contributed by atoms with van der Waals surface area (Å²) in [6, 6.07) is 17.9. The number of rotatable bonds is 6. The maximum Gasteiger partial charge on any atom is 0.307 e. The number of hydrogen-bond acceptors (Lipinski definition) is 2. The average Bonchev–Trinajstić information content (AvgIpc) is 2.41.